The van der Waals surface area contributed by atoms with Crippen LogP contribution in [0.2, 0.25) is 0 Å². The third-order valence-electron chi connectivity index (χ3n) is 5.72. The average molecular weight is 541 g/mol. The molecule has 1 aliphatic heterocycles. The molecule has 0 spiro atoms. The number of benzene rings is 3. The van der Waals surface area contributed by atoms with E-state index in [-0.39, 0.29) is 19.1 Å². The number of amides is 2. The summed E-state index contributed by atoms with van der Waals surface area (Å²) in [5.41, 5.74) is 1.70. The van der Waals surface area contributed by atoms with E-state index in [1.54, 1.807) is 32.8 Å². The second-order valence-corrected chi connectivity index (χ2v) is 10.4. The molecular weight excluding hydrogens is 512 g/mol. The van der Waals surface area contributed by atoms with E-state index in [9.17, 15) is 9.59 Å². The molecule has 8 heteroatoms. The molecule has 0 bridgehead atoms. The predicted molar refractivity (Wildman–Crippen MR) is 139 cm³/mol. The standard InChI is InChI=1S/C27H29BrN2O5/c1-16-7-6-8-22-24(16)34-15-21(29-26(32)35-27(2,3)4)25(31)30(22)14-20-19-11-10-18(28)13-17(19)9-12-23(20)33-5/h6-13,21H,14-15H2,1-5H3,(H,29,32). The number of methoxy groups -OCH3 is 1. The molecule has 0 saturated carbocycles. The van der Waals surface area contributed by atoms with Crippen LogP contribution in [0.15, 0.2) is 53.0 Å². The molecule has 0 fully saturated rings. The number of rotatable bonds is 4. The number of carbonyl (C=O) groups is 2. The average Bonchev–Trinajstić information content (AvgIpc) is 2.90. The molecule has 0 aliphatic carbocycles. The van der Waals surface area contributed by atoms with Crippen molar-refractivity contribution in [2.75, 3.05) is 18.6 Å². The van der Waals surface area contributed by atoms with Gasteiger partial charge in [0.2, 0.25) is 0 Å². The first-order valence-corrected chi connectivity index (χ1v) is 12.1. The molecule has 1 atom stereocenters. The number of aryl methyl sites for hydroxylation is 1. The molecule has 1 unspecified atom stereocenters. The Kier molecular flexibility index (Phi) is 6.94. The molecule has 35 heavy (non-hydrogen) atoms. The smallest absolute Gasteiger partial charge is 0.408 e. The lowest BCUT2D eigenvalue weighted by molar-refractivity contribution is -0.121. The molecule has 0 aromatic heterocycles. The summed E-state index contributed by atoms with van der Waals surface area (Å²) in [7, 11) is 1.61. The summed E-state index contributed by atoms with van der Waals surface area (Å²) >= 11 is 3.53. The van der Waals surface area contributed by atoms with Crippen LogP contribution in [-0.4, -0.2) is 37.4 Å². The molecule has 2 amide bonds. The van der Waals surface area contributed by atoms with Gasteiger partial charge in [0.1, 0.15) is 29.7 Å². The molecule has 4 rings (SSSR count). The largest absolute Gasteiger partial charge is 0.496 e. The fraction of sp³-hybridized carbons (Fsp3) is 0.333. The summed E-state index contributed by atoms with van der Waals surface area (Å²) in [6, 6.07) is 14.6. The Bertz CT molecular complexity index is 1280. The molecule has 7 nitrogen and oxygen atoms in total. The second-order valence-electron chi connectivity index (χ2n) is 9.47. The summed E-state index contributed by atoms with van der Waals surface area (Å²) < 4.78 is 18.1. The second kappa shape index (κ2) is 9.77. The maximum absolute atomic E-state index is 13.8. The fourth-order valence-corrected chi connectivity index (χ4v) is 4.53. The Balaban J connectivity index is 1.77. The number of hydrogen-bond donors (Lipinski definition) is 1. The number of fused-ring (bicyclic) bond motifs is 2. The van der Waals surface area contributed by atoms with Crippen molar-refractivity contribution >= 4 is 44.4 Å². The van der Waals surface area contributed by atoms with Crippen LogP contribution < -0.4 is 19.7 Å². The zero-order chi connectivity index (χ0) is 25.3. The fourth-order valence-electron chi connectivity index (χ4n) is 4.16. The van der Waals surface area contributed by atoms with E-state index in [2.05, 4.69) is 21.2 Å². The lowest BCUT2D eigenvalue weighted by Crippen LogP contribution is -2.51. The molecule has 3 aromatic rings. The van der Waals surface area contributed by atoms with Crippen molar-refractivity contribution in [1.82, 2.24) is 5.32 Å². The molecule has 1 N–H and O–H groups in total. The predicted octanol–water partition coefficient (Wildman–Crippen LogP) is 5.74. The highest BCUT2D eigenvalue weighted by Crippen LogP contribution is 2.38. The maximum Gasteiger partial charge on any atom is 0.408 e. The Morgan fingerprint density at radius 1 is 1.20 bits per heavy atom. The number of nitrogens with zero attached hydrogens (tertiary/aromatic N) is 1. The summed E-state index contributed by atoms with van der Waals surface area (Å²) in [5, 5.41) is 4.68. The van der Waals surface area contributed by atoms with E-state index in [1.807, 2.05) is 55.5 Å². The van der Waals surface area contributed by atoms with Gasteiger partial charge in [-0.05, 0) is 68.3 Å². The zero-order valence-corrected chi connectivity index (χ0v) is 22.1. The molecule has 1 heterocycles. The lowest BCUT2D eigenvalue weighted by Gasteiger charge is -2.27. The van der Waals surface area contributed by atoms with Crippen molar-refractivity contribution in [2.24, 2.45) is 0 Å². The van der Waals surface area contributed by atoms with Gasteiger partial charge in [0, 0.05) is 10.0 Å². The topological polar surface area (TPSA) is 77.1 Å². The van der Waals surface area contributed by atoms with Gasteiger partial charge in [-0.3, -0.25) is 4.79 Å². The van der Waals surface area contributed by atoms with Crippen molar-refractivity contribution in [3.63, 3.8) is 0 Å². The third kappa shape index (κ3) is 5.37. The van der Waals surface area contributed by atoms with E-state index in [0.717, 1.165) is 26.4 Å². The van der Waals surface area contributed by atoms with Crippen molar-refractivity contribution < 1.29 is 23.8 Å². The Morgan fingerprint density at radius 2 is 1.97 bits per heavy atom. The minimum absolute atomic E-state index is 0.00789. The van der Waals surface area contributed by atoms with Gasteiger partial charge in [-0.25, -0.2) is 4.79 Å². The molecular formula is C27H29BrN2O5. The third-order valence-corrected chi connectivity index (χ3v) is 6.21. The molecule has 3 aromatic carbocycles. The highest BCUT2D eigenvalue weighted by molar-refractivity contribution is 9.10. The molecule has 0 radical (unpaired) electrons. The number of carbonyl (C=O) groups excluding carboxylic acids is 2. The number of nitrogens with one attached hydrogen (secondary N) is 1. The van der Waals surface area contributed by atoms with Crippen molar-refractivity contribution in [3.05, 3.63) is 64.1 Å². The monoisotopic (exact) mass is 540 g/mol. The minimum Gasteiger partial charge on any atom is -0.496 e. The van der Waals surface area contributed by atoms with Gasteiger partial charge in [0.15, 0.2) is 0 Å². The highest BCUT2D eigenvalue weighted by Gasteiger charge is 2.35. The van der Waals surface area contributed by atoms with Crippen molar-refractivity contribution in [3.8, 4) is 11.5 Å². The van der Waals surface area contributed by atoms with Crippen LogP contribution in [0.5, 0.6) is 11.5 Å². The van der Waals surface area contributed by atoms with Crippen LogP contribution in [0.3, 0.4) is 0 Å². The van der Waals surface area contributed by atoms with E-state index in [1.165, 1.54) is 0 Å². The van der Waals surface area contributed by atoms with Crippen LogP contribution in [0, 0.1) is 6.92 Å². The number of para-hydroxylation sites is 1. The summed E-state index contributed by atoms with van der Waals surface area (Å²) in [6.45, 7) is 7.47. The first kappa shape index (κ1) is 24.9. The summed E-state index contributed by atoms with van der Waals surface area (Å²) in [5.74, 6) is 0.983. The summed E-state index contributed by atoms with van der Waals surface area (Å²) in [4.78, 5) is 28.0. The van der Waals surface area contributed by atoms with Gasteiger partial charge in [0.25, 0.3) is 5.91 Å². The molecule has 184 valence electrons. The van der Waals surface area contributed by atoms with E-state index in [4.69, 9.17) is 14.2 Å². The van der Waals surface area contributed by atoms with E-state index >= 15 is 0 Å². The van der Waals surface area contributed by atoms with Crippen LogP contribution in [0.1, 0.15) is 31.9 Å². The first-order chi connectivity index (χ1) is 16.6. The Hall–Kier alpha value is -3.26. The number of hydrogen-bond acceptors (Lipinski definition) is 5. The van der Waals surface area contributed by atoms with Crippen molar-refractivity contribution in [1.29, 1.82) is 0 Å². The quantitative estimate of drug-likeness (QED) is 0.456. The van der Waals surface area contributed by atoms with E-state index < -0.39 is 17.7 Å². The number of halogens is 1. The normalized spacial score (nSPS) is 15.8. The summed E-state index contributed by atoms with van der Waals surface area (Å²) in [6.07, 6.45) is -0.672. The van der Waals surface area contributed by atoms with Crippen LogP contribution in [-0.2, 0) is 16.1 Å². The highest BCUT2D eigenvalue weighted by atomic mass is 79.9. The minimum atomic E-state index is -0.924. The van der Waals surface area contributed by atoms with Crippen LogP contribution in [0.25, 0.3) is 10.8 Å². The van der Waals surface area contributed by atoms with E-state index in [0.29, 0.717) is 17.2 Å². The number of anilines is 1. The van der Waals surface area contributed by atoms with Crippen molar-refractivity contribution in [2.45, 2.75) is 45.9 Å². The van der Waals surface area contributed by atoms with Gasteiger partial charge in [-0.15, -0.1) is 0 Å². The van der Waals surface area contributed by atoms with Gasteiger partial charge < -0.3 is 24.4 Å². The number of ether oxygens (including phenoxy) is 3. The van der Waals surface area contributed by atoms with Gasteiger partial charge in [0.05, 0.1) is 19.3 Å². The molecule has 0 saturated heterocycles. The van der Waals surface area contributed by atoms with Crippen LogP contribution in [0.4, 0.5) is 10.5 Å². The van der Waals surface area contributed by atoms with Gasteiger partial charge in [-0.2, -0.15) is 0 Å². The number of alkyl carbamates (subject to hydrolysis) is 1. The lowest BCUT2D eigenvalue weighted by atomic mass is 10.0. The SMILES string of the molecule is COc1ccc2cc(Br)ccc2c1CN1C(=O)C(NC(=O)OC(C)(C)C)COc2c(C)cccc21. The maximum atomic E-state index is 13.8. The molecule has 1 aliphatic rings. The first-order valence-electron chi connectivity index (χ1n) is 11.4. The van der Waals surface area contributed by atoms with Crippen LogP contribution >= 0.6 is 15.9 Å². The van der Waals surface area contributed by atoms with Gasteiger partial charge >= 0.3 is 6.09 Å². The van der Waals surface area contributed by atoms with Gasteiger partial charge in [-0.1, -0.05) is 40.2 Å². The zero-order valence-electron chi connectivity index (χ0n) is 20.5. The Morgan fingerprint density at radius 3 is 2.69 bits per heavy atom. The Labute approximate surface area is 213 Å².